The summed E-state index contributed by atoms with van der Waals surface area (Å²) in [6, 6.07) is 4.11. The van der Waals surface area contributed by atoms with Gasteiger partial charge >= 0.3 is 0 Å². The average Bonchev–Trinajstić information content (AvgIpc) is 2.39. The Bertz CT molecular complexity index is 445. The summed E-state index contributed by atoms with van der Waals surface area (Å²) in [5, 5.41) is 9.48. The normalized spacial score (nSPS) is 25.1. The lowest BCUT2D eigenvalue weighted by atomic mass is 9.93. The van der Waals surface area contributed by atoms with Crippen LogP contribution in [0, 0.1) is 5.92 Å². The molecule has 1 aromatic rings. The molecule has 1 amide bonds. The Morgan fingerprint density at radius 3 is 2.79 bits per heavy atom. The van der Waals surface area contributed by atoms with Crippen LogP contribution < -0.4 is 10.6 Å². The van der Waals surface area contributed by atoms with Crippen LogP contribution in [-0.2, 0) is 4.79 Å². The second-order valence-corrected chi connectivity index (χ2v) is 5.30. The first kappa shape index (κ1) is 13.8. The number of hydrogen-bond donors (Lipinski definition) is 2. The molecule has 19 heavy (non-hydrogen) atoms. The van der Waals surface area contributed by atoms with Crippen molar-refractivity contribution in [1.29, 1.82) is 0 Å². The van der Waals surface area contributed by atoms with E-state index in [9.17, 15) is 9.90 Å². The molecular formula is C14H21N3O2. The van der Waals surface area contributed by atoms with Crippen molar-refractivity contribution < 1.29 is 9.90 Å². The molecule has 104 valence electrons. The van der Waals surface area contributed by atoms with E-state index in [1.165, 1.54) is 0 Å². The standard InChI is InChI=1S/C14H21N3O2/c1-9-3-4-12(14(15)19)8-17(9)13-6-5-11(7-16-13)10(2)18/h5-7,9-10,12,18H,3-4,8H2,1-2H3,(H2,15,19). The third-order valence-corrected chi connectivity index (χ3v) is 3.83. The largest absolute Gasteiger partial charge is 0.389 e. The molecule has 0 radical (unpaired) electrons. The van der Waals surface area contributed by atoms with E-state index in [-0.39, 0.29) is 11.8 Å². The SMILES string of the molecule is CC(O)c1ccc(N2CC(C(N)=O)CCC2C)nc1. The number of anilines is 1. The topological polar surface area (TPSA) is 79.5 Å². The predicted octanol–water partition coefficient (Wildman–Crippen LogP) is 1.23. The molecule has 0 aliphatic carbocycles. The van der Waals surface area contributed by atoms with Crippen molar-refractivity contribution in [2.75, 3.05) is 11.4 Å². The number of aliphatic hydroxyl groups is 1. The van der Waals surface area contributed by atoms with Crippen LogP contribution >= 0.6 is 0 Å². The highest BCUT2D eigenvalue weighted by Gasteiger charge is 2.29. The third kappa shape index (κ3) is 3.04. The van der Waals surface area contributed by atoms with Crippen LogP contribution in [0.2, 0.25) is 0 Å². The predicted molar refractivity (Wildman–Crippen MR) is 73.6 cm³/mol. The molecule has 3 unspecified atom stereocenters. The lowest BCUT2D eigenvalue weighted by molar-refractivity contribution is -0.122. The first-order chi connectivity index (χ1) is 8.99. The van der Waals surface area contributed by atoms with Crippen LogP contribution in [0.25, 0.3) is 0 Å². The van der Waals surface area contributed by atoms with Crippen molar-refractivity contribution in [3.63, 3.8) is 0 Å². The number of hydrogen-bond acceptors (Lipinski definition) is 4. The van der Waals surface area contributed by atoms with E-state index in [0.29, 0.717) is 12.6 Å². The molecule has 5 heteroatoms. The van der Waals surface area contributed by atoms with E-state index in [1.807, 2.05) is 12.1 Å². The molecule has 1 saturated heterocycles. The summed E-state index contributed by atoms with van der Waals surface area (Å²) in [7, 11) is 0. The van der Waals surface area contributed by atoms with Gasteiger partial charge in [-0.2, -0.15) is 0 Å². The van der Waals surface area contributed by atoms with Crippen molar-refractivity contribution >= 4 is 11.7 Å². The molecule has 0 bridgehead atoms. The Kier molecular flexibility index (Phi) is 4.04. The molecule has 2 rings (SSSR count). The van der Waals surface area contributed by atoms with Gasteiger partial charge in [-0.15, -0.1) is 0 Å². The number of piperidine rings is 1. The second kappa shape index (κ2) is 5.57. The van der Waals surface area contributed by atoms with Gasteiger partial charge < -0.3 is 15.7 Å². The Morgan fingerprint density at radius 2 is 2.26 bits per heavy atom. The van der Waals surface area contributed by atoms with E-state index < -0.39 is 6.10 Å². The molecule has 5 nitrogen and oxygen atoms in total. The molecule has 0 aromatic carbocycles. The Hall–Kier alpha value is -1.62. The first-order valence-electron chi connectivity index (χ1n) is 6.69. The monoisotopic (exact) mass is 263 g/mol. The number of carbonyl (C=O) groups excluding carboxylic acids is 1. The van der Waals surface area contributed by atoms with Gasteiger partial charge in [-0.05, 0) is 38.3 Å². The molecule has 1 aliphatic heterocycles. The molecule has 1 aromatic heterocycles. The minimum absolute atomic E-state index is 0.102. The van der Waals surface area contributed by atoms with E-state index in [0.717, 1.165) is 24.2 Å². The molecule has 3 N–H and O–H groups in total. The molecule has 1 fully saturated rings. The Balaban J connectivity index is 2.16. The molecule has 3 atom stereocenters. The summed E-state index contributed by atoms with van der Waals surface area (Å²) in [5.74, 6) is 0.495. The fraction of sp³-hybridized carbons (Fsp3) is 0.571. The zero-order valence-electron chi connectivity index (χ0n) is 11.4. The summed E-state index contributed by atoms with van der Waals surface area (Å²) >= 11 is 0. The number of pyridine rings is 1. The highest BCUT2D eigenvalue weighted by atomic mass is 16.3. The van der Waals surface area contributed by atoms with Gasteiger partial charge in [0.25, 0.3) is 0 Å². The van der Waals surface area contributed by atoms with Gasteiger partial charge in [0.2, 0.25) is 5.91 Å². The first-order valence-corrected chi connectivity index (χ1v) is 6.69. The molecule has 0 saturated carbocycles. The lowest BCUT2D eigenvalue weighted by Crippen LogP contribution is -2.46. The summed E-state index contributed by atoms with van der Waals surface area (Å²) in [4.78, 5) is 17.8. The van der Waals surface area contributed by atoms with Crippen LogP contribution in [0.4, 0.5) is 5.82 Å². The Labute approximate surface area is 113 Å². The third-order valence-electron chi connectivity index (χ3n) is 3.83. The minimum Gasteiger partial charge on any atom is -0.389 e. The zero-order valence-corrected chi connectivity index (χ0v) is 11.4. The van der Waals surface area contributed by atoms with Gasteiger partial charge in [0.1, 0.15) is 5.82 Å². The van der Waals surface area contributed by atoms with E-state index in [4.69, 9.17) is 5.73 Å². The van der Waals surface area contributed by atoms with E-state index >= 15 is 0 Å². The number of rotatable bonds is 3. The van der Waals surface area contributed by atoms with Crippen LogP contribution in [0.5, 0.6) is 0 Å². The quantitative estimate of drug-likeness (QED) is 0.859. The second-order valence-electron chi connectivity index (χ2n) is 5.30. The van der Waals surface area contributed by atoms with Crippen LogP contribution in [0.3, 0.4) is 0 Å². The van der Waals surface area contributed by atoms with Crippen molar-refractivity contribution in [2.45, 2.75) is 38.8 Å². The smallest absolute Gasteiger partial charge is 0.222 e. The number of aromatic nitrogens is 1. The summed E-state index contributed by atoms with van der Waals surface area (Å²) in [5.41, 5.74) is 6.19. The molecule has 2 heterocycles. The molecule has 1 aliphatic rings. The highest BCUT2D eigenvalue weighted by molar-refractivity contribution is 5.77. The number of aliphatic hydroxyl groups excluding tert-OH is 1. The summed E-state index contributed by atoms with van der Waals surface area (Å²) < 4.78 is 0. The summed E-state index contributed by atoms with van der Waals surface area (Å²) in [6.07, 6.45) is 2.95. The maximum absolute atomic E-state index is 11.3. The fourth-order valence-electron chi connectivity index (χ4n) is 2.47. The van der Waals surface area contributed by atoms with Crippen molar-refractivity contribution in [3.8, 4) is 0 Å². The van der Waals surface area contributed by atoms with Crippen molar-refractivity contribution in [1.82, 2.24) is 4.98 Å². The van der Waals surface area contributed by atoms with Gasteiger partial charge in [-0.25, -0.2) is 4.98 Å². The van der Waals surface area contributed by atoms with Crippen molar-refractivity contribution in [2.24, 2.45) is 11.7 Å². The highest BCUT2D eigenvalue weighted by Crippen LogP contribution is 2.26. The van der Waals surface area contributed by atoms with E-state index in [1.54, 1.807) is 13.1 Å². The van der Waals surface area contributed by atoms with Gasteiger partial charge in [0.15, 0.2) is 0 Å². The van der Waals surface area contributed by atoms with Gasteiger partial charge in [0.05, 0.1) is 12.0 Å². The van der Waals surface area contributed by atoms with Gasteiger partial charge in [-0.3, -0.25) is 4.79 Å². The van der Waals surface area contributed by atoms with Crippen molar-refractivity contribution in [3.05, 3.63) is 23.9 Å². The summed E-state index contributed by atoms with van der Waals surface area (Å²) in [6.45, 7) is 4.46. The number of nitrogens with zero attached hydrogens (tertiary/aromatic N) is 2. The van der Waals surface area contributed by atoms with Gasteiger partial charge in [0, 0.05) is 18.8 Å². The maximum atomic E-state index is 11.3. The van der Waals surface area contributed by atoms with Crippen LogP contribution in [0.15, 0.2) is 18.3 Å². The van der Waals surface area contributed by atoms with Crippen LogP contribution in [0.1, 0.15) is 38.4 Å². The lowest BCUT2D eigenvalue weighted by Gasteiger charge is -2.37. The van der Waals surface area contributed by atoms with Crippen LogP contribution in [-0.4, -0.2) is 28.6 Å². The fourth-order valence-corrected chi connectivity index (χ4v) is 2.47. The number of amides is 1. The average molecular weight is 263 g/mol. The zero-order chi connectivity index (χ0) is 14.0. The molecular weight excluding hydrogens is 242 g/mol. The Morgan fingerprint density at radius 1 is 1.53 bits per heavy atom. The maximum Gasteiger partial charge on any atom is 0.222 e. The number of nitrogens with two attached hydrogens (primary N) is 1. The molecule has 0 spiro atoms. The van der Waals surface area contributed by atoms with E-state index in [2.05, 4.69) is 16.8 Å². The number of primary amides is 1. The number of carbonyl (C=O) groups is 1. The van der Waals surface area contributed by atoms with Gasteiger partial charge in [-0.1, -0.05) is 6.07 Å². The minimum atomic E-state index is -0.515.